The number of pyridine rings is 1. The quantitative estimate of drug-likeness (QED) is 0.568. The molecule has 1 aromatic carbocycles. The second kappa shape index (κ2) is 8.92. The van der Waals surface area contributed by atoms with Crippen LogP contribution in [0, 0.1) is 28.9 Å². The Balaban J connectivity index is 1.48. The number of nitrogens with two attached hydrogens (primary N) is 1. The molecule has 3 aromatic rings. The molecule has 35 heavy (non-hydrogen) atoms. The molecule has 176 valence electrons. The number of hydrogen-bond acceptors (Lipinski definition) is 9. The van der Waals surface area contributed by atoms with Crippen molar-refractivity contribution in [1.82, 2.24) is 15.0 Å². The SMILES string of the molecule is N#Cc1ccc(C(=O)Nc2ccc(F)c(C34CN(c5ncc(F)cn5)CC3CSC(N)=N4)c2)nc1. The average molecular weight is 493 g/mol. The molecule has 12 heteroatoms. The smallest absolute Gasteiger partial charge is 0.274 e. The molecule has 2 atom stereocenters. The third-order valence-electron chi connectivity index (χ3n) is 6.00. The predicted molar refractivity (Wildman–Crippen MR) is 127 cm³/mol. The first-order valence-corrected chi connectivity index (χ1v) is 11.5. The normalized spacial score (nSPS) is 21.1. The Hall–Kier alpha value is -4.11. The maximum absolute atomic E-state index is 15.3. The summed E-state index contributed by atoms with van der Waals surface area (Å²) in [4.78, 5) is 31.3. The Bertz CT molecular complexity index is 1360. The van der Waals surface area contributed by atoms with Gasteiger partial charge in [-0.15, -0.1) is 0 Å². The minimum absolute atomic E-state index is 0.114. The summed E-state index contributed by atoms with van der Waals surface area (Å²) in [6.45, 7) is 0.705. The van der Waals surface area contributed by atoms with Gasteiger partial charge in [0.05, 0.1) is 24.5 Å². The predicted octanol–water partition coefficient (Wildman–Crippen LogP) is 2.67. The van der Waals surface area contributed by atoms with Crippen LogP contribution in [0.15, 0.2) is 53.9 Å². The molecule has 2 aliphatic heterocycles. The Morgan fingerprint density at radius 1 is 1.20 bits per heavy atom. The van der Waals surface area contributed by atoms with Crippen LogP contribution in [0.1, 0.15) is 21.6 Å². The molecular weight excluding hydrogens is 474 g/mol. The lowest BCUT2D eigenvalue weighted by Crippen LogP contribution is -2.40. The number of amidine groups is 1. The maximum Gasteiger partial charge on any atom is 0.274 e. The van der Waals surface area contributed by atoms with Gasteiger partial charge in [-0.1, -0.05) is 11.8 Å². The number of rotatable bonds is 4. The number of halogens is 2. The van der Waals surface area contributed by atoms with Gasteiger partial charge in [0.1, 0.15) is 23.1 Å². The summed E-state index contributed by atoms with van der Waals surface area (Å²) in [6.07, 6.45) is 3.46. The zero-order valence-corrected chi connectivity index (χ0v) is 19.0. The fourth-order valence-corrected chi connectivity index (χ4v) is 5.32. The van der Waals surface area contributed by atoms with E-state index in [0.29, 0.717) is 34.7 Å². The van der Waals surface area contributed by atoms with Gasteiger partial charge >= 0.3 is 0 Å². The summed E-state index contributed by atoms with van der Waals surface area (Å²) in [7, 11) is 0. The molecule has 1 amide bonds. The Morgan fingerprint density at radius 3 is 2.71 bits per heavy atom. The lowest BCUT2D eigenvalue weighted by Gasteiger charge is -2.35. The van der Waals surface area contributed by atoms with Crippen molar-refractivity contribution in [2.75, 3.05) is 29.1 Å². The van der Waals surface area contributed by atoms with E-state index in [0.717, 1.165) is 12.4 Å². The van der Waals surface area contributed by atoms with Crippen molar-refractivity contribution in [2.45, 2.75) is 5.54 Å². The molecule has 4 heterocycles. The Kier molecular flexibility index (Phi) is 5.78. The highest BCUT2D eigenvalue weighted by molar-refractivity contribution is 8.13. The molecule has 0 spiro atoms. The van der Waals surface area contributed by atoms with Crippen molar-refractivity contribution in [2.24, 2.45) is 16.6 Å². The summed E-state index contributed by atoms with van der Waals surface area (Å²) in [5.74, 6) is -0.766. The molecule has 0 radical (unpaired) electrons. The lowest BCUT2D eigenvalue weighted by molar-refractivity contribution is 0.102. The molecule has 0 saturated carbocycles. The number of aliphatic imine (C=N–C) groups is 1. The maximum atomic E-state index is 15.3. The van der Waals surface area contributed by atoms with Gasteiger partial charge in [-0.05, 0) is 30.3 Å². The average Bonchev–Trinajstić information content (AvgIpc) is 3.25. The van der Waals surface area contributed by atoms with Crippen molar-refractivity contribution in [3.63, 3.8) is 0 Å². The zero-order chi connectivity index (χ0) is 24.6. The highest BCUT2D eigenvalue weighted by atomic mass is 32.2. The van der Waals surface area contributed by atoms with Gasteiger partial charge in [0.15, 0.2) is 11.0 Å². The van der Waals surface area contributed by atoms with Crippen molar-refractivity contribution in [1.29, 1.82) is 5.26 Å². The molecule has 1 fully saturated rings. The van der Waals surface area contributed by atoms with E-state index in [9.17, 15) is 9.18 Å². The van der Waals surface area contributed by atoms with Crippen molar-refractivity contribution < 1.29 is 13.6 Å². The highest BCUT2D eigenvalue weighted by Crippen LogP contribution is 2.47. The van der Waals surface area contributed by atoms with Gasteiger partial charge in [0, 0.05) is 35.7 Å². The van der Waals surface area contributed by atoms with Crippen LogP contribution in [-0.2, 0) is 5.54 Å². The Morgan fingerprint density at radius 2 is 2.00 bits per heavy atom. The summed E-state index contributed by atoms with van der Waals surface area (Å²) in [6, 6.07) is 9.14. The molecule has 0 bridgehead atoms. The third-order valence-corrected chi connectivity index (χ3v) is 6.95. The van der Waals surface area contributed by atoms with Crippen LogP contribution in [0.2, 0.25) is 0 Å². The zero-order valence-electron chi connectivity index (χ0n) is 18.2. The first kappa shape index (κ1) is 22.7. The van der Waals surface area contributed by atoms with Crippen LogP contribution in [0.25, 0.3) is 0 Å². The molecule has 2 aromatic heterocycles. The monoisotopic (exact) mass is 492 g/mol. The fraction of sp³-hybridized carbons (Fsp3) is 0.217. The van der Waals surface area contributed by atoms with Gasteiger partial charge < -0.3 is 16.0 Å². The van der Waals surface area contributed by atoms with Crippen LogP contribution < -0.4 is 16.0 Å². The van der Waals surface area contributed by atoms with E-state index in [1.165, 1.54) is 42.2 Å². The first-order chi connectivity index (χ1) is 16.9. The van der Waals surface area contributed by atoms with Gasteiger partial charge in [0.2, 0.25) is 5.95 Å². The van der Waals surface area contributed by atoms with Crippen LogP contribution in [-0.4, -0.2) is 44.9 Å². The molecule has 0 aliphatic carbocycles. The van der Waals surface area contributed by atoms with Gasteiger partial charge in [-0.3, -0.25) is 4.79 Å². The van der Waals surface area contributed by atoms with Crippen LogP contribution in [0.5, 0.6) is 0 Å². The van der Waals surface area contributed by atoms with E-state index in [4.69, 9.17) is 11.0 Å². The van der Waals surface area contributed by atoms with E-state index in [1.807, 2.05) is 11.0 Å². The van der Waals surface area contributed by atoms with E-state index in [1.54, 1.807) is 6.07 Å². The number of carbonyl (C=O) groups excluding carboxylic acids is 1. The number of nitrogens with one attached hydrogen (secondary N) is 1. The molecular formula is C23H18F2N8OS. The highest BCUT2D eigenvalue weighted by Gasteiger charge is 2.52. The van der Waals surface area contributed by atoms with Gasteiger partial charge in [0.25, 0.3) is 5.91 Å². The molecule has 3 N–H and O–H groups in total. The third kappa shape index (κ3) is 4.26. The van der Waals surface area contributed by atoms with Crippen LogP contribution in [0.4, 0.5) is 20.4 Å². The fourth-order valence-electron chi connectivity index (χ4n) is 4.34. The van der Waals surface area contributed by atoms with E-state index < -0.39 is 23.1 Å². The molecule has 2 unspecified atom stereocenters. The number of aromatic nitrogens is 3. The summed E-state index contributed by atoms with van der Waals surface area (Å²) >= 11 is 1.39. The summed E-state index contributed by atoms with van der Waals surface area (Å²) in [5, 5.41) is 12.0. The van der Waals surface area contributed by atoms with Crippen molar-refractivity contribution in [3.8, 4) is 6.07 Å². The van der Waals surface area contributed by atoms with Gasteiger partial charge in [-0.2, -0.15) is 5.26 Å². The number of fused-ring (bicyclic) bond motifs is 1. The second-order valence-electron chi connectivity index (χ2n) is 8.16. The summed E-state index contributed by atoms with van der Waals surface area (Å²) in [5.41, 5.74) is 6.12. The molecule has 1 saturated heterocycles. The van der Waals surface area contributed by atoms with E-state index >= 15 is 4.39 Å². The number of thioether (sulfide) groups is 1. The minimum Gasteiger partial charge on any atom is -0.379 e. The topological polar surface area (TPSA) is 133 Å². The second-order valence-corrected chi connectivity index (χ2v) is 9.20. The minimum atomic E-state index is -1.04. The van der Waals surface area contributed by atoms with Crippen LogP contribution in [0.3, 0.4) is 0 Å². The first-order valence-electron chi connectivity index (χ1n) is 10.6. The number of amides is 1. The van der Waals surface area contributed by atoms with Crippen molar-refractivity contribution >= 4 is 34.5 Å². The van der Waals surface area contributed by atoms with Crippen molar-refractivity contribution in [3.05, 3.63) is 77.4 Å². The molecule has 9 nitrogen and oxygen atoms in total. The number of nitrogens with zero attached hydrogens (tertiary/aromatic N) is 6. The number of benzene rings is 1. The largest absolute Gasteiger partial charge is 0.379 e. The standard InChI is InChI=1S/C23H18F2N8OS/c24-15-8-29-22(30-9-15)33-10-14-11-35-21(27)32-23(14,12-33)17-5-16(2-3-18(17)25)31-20(34)19-4-1-13(6-26)7-28-19/h1-5,7-9,14H,10-12H2,(H2,27,32)(H,31,34). The number of carbonyl (C=O) groups is 1. The lowest BCUT2D eigenvalue weighted by atomic mass is 9.81. The number of hydrogen-bond donors (Lipinski definition) is 2. The van der Waals surface area contributed by atoms with E-state index in [2.05, 4.69) is 25.3 Å². The number of anilines is 2. The number of nitriles is 1. The molecule has 2 aliphatic rings. The molecule has 5 rings (SSSR count). The van der Waals surface area contributed by atoms with E-state index in [-0.39, 0.29) is 23.7 Å². The van der Waals surface area contributed by atoms with Crippen LogP contribution >= 0.6 is 11.8 Å². The Labute approximate surface area is 203 Å². The van der Waals surface area contributed by atoms with Gasteiger partial charge in [-0.25, -0.2) is 28.7 Å². The summed E-state index contributed by atoms with van der Waals surface area (Å²) < 4.78 is 28.6.